The van der Waals surface area contributed by atoms with Gasteiger partial charge in [-0.3, -0.25) is 4.79 Å². The Hall–Kier alpha value is -1.04. The van der Waals surface area contributed by atoms with Gasteiger partial charge >= 0.3 is 0 Å². The van der Waals surface area contributed by atoms with Crippen molar-refractivity contribution in [1.82, 2.24) is 5.32 Å². The van der Waals surface area contributed by atoms with E-state index in [4.69, 9.17) is 10.2 Å². The van der Waals surface area contributed by atoms with Gasteiger partial charge in [0.15, 0.2) is 5.76 Å². The van der Waals surface area contributed by atoms with Gasteiger partial charge in [-0.1, -0.05) is 28.8 Å². The molecule has 1 fully saturated rings. The highest BCUT2D eigenvalue weighted by molar-refractivity contribution is 9.10. The van der Waals surface area contributed by atoms with E-state index in [9.17, 15) is 4.79 Å². The van der Waals surface area contributed by atoms with Crippen LogP contribution in [0.5, 0.6) is 0 Å². The fourth-order valence-electron chi connectivity index (χ4n) is 2.86. The summed E-state index contributed by atoms with van der Waals surface area (Å²) in [5.41, 5.74) is 6.30. The van der Waals surface area contributed by atoms with Crippen molar-refractivity contribution in [2.75, 3.05) is 6.54 Å². The molecule has 2 aromatic rings. The molecule has 3 N–H and O–H groups in total. The molecule has 114 valence electrons. The van der Waals surface area contributed by atoms with Gasteiger partial charge < -0.3 is 15.5 Å². The minimum Gasteiger partial charge on any atom is -0.451 e. The van der Waals surface area contributed by atoms with Crippen molar-refractivity contribution in [3.8, 4) is 0 Å². The second-order valence-electron chi connectivity index (χ2n) is 5.44. The molecule has 0 radical (unpaired) electrons. The summed E-state index contributed by atoms with van der Waals surface area (Å²) in [4.78, 5) is 12.3. The van der Waals surface area contributed by atoms with Crippen LogP contribution in [0.25, 0.3) is 11.0 Å². The first-order chi connectivity index (χ1) is 9.62. The normalized spacial score (nSPS) is 16.7. The van der Waals surface area contributed by atoms with Crippen molar-refractivity contribution in [1.29, 1.82) is 0 Å². The second kappa shape index (κ2) is 6.38. The molecule has 3 rings (SSSR count). The summed E-state index contributed by atoms with van der Waals surface area (Å²) in [7, 11) is 0. The van der Waals surface area contributed by atoms with Gasteiger partial charge in [0.05, 0.1) is 5.54 Å². The maximum Gasteiger partial charge on any atom is 0.287 e. The molecule has 21 heavy (non-hydrogen) atoms. The standard InChI is InChI=1S/C15H17BrN2O2.ClH/c16-11-3-4-12-10(7-11)8-13(20-12)14(19)18-15(9-17)5-1-2-6-15;/h3-4,7-8H,1-2,5-6,9,17H2,(H,18,19);1H. The number of nitrogens with one attached hydrogen (secondary N) is 1. The minimum absolute atomic E-state index is 0. The van der Waals surface area contributed by atoms with E-state index in [-0.39, 0.29) is 23.9 Å². The van der Waals surface area contributed by atoms with E-state index >= 15 is 0 Å². The quantitative estimate of drug-likeness (QED) is 0.863. The largest absolute Gasteiger partial charge is 0.451 e. The average molecular weight is 374 g/mol. The van der Waals surface area contributed by atoms with Crippen LogP contribution in [0.2, 0.25) is 0 Å². The first-order valence-electron chi connectivity index (χ1n) is 6.84. The topological polar surface area (TPSA) is 68.3 Å². The molecule has 0 unspecified atom stereocenters. The van der Waals surface area contributed by atoms with E-state index in [0.717, 1.165) is 35.5 Å². The molecule has 1 amide bonds. The maximum atomic E-state index is 12.3. The Morgan fingerprint density at radius 1 is 1.33 bits per heavy atom. The molecule has 0 aliphatic heterocycles. The third kappa shape index (κ3) is 3.25. The van der Waals surface area contributed by atoms with E-state index < -0.39 is 0 Å². The fourth-order valence-corrected chi connectivity index (χ4v) is 3.24. The van der Waals surface area contributed by atoms with Gasteiger partial charge in [-0.25, -0.2) is 0 Å². The molecule has 0 spiro atoms. The lowest BCUT2D eigenvalue weighted by Gasteiger charge is -2.28. The molecule has 0 saturated heterocycles. The number of benzene rings is 1. The summed E-state index contributed by atoms with van der Waals surface area (Å²) in [6.07, 6.45) is 4.12. The number of amides is 1. The molecule has 1 aliphatic carbocycles. The Labute approximate surface area is 138 Å². The number of hydrogen-bond acceptors (Lipinski definition) is 3. The zero-order chi connectivity index (χ0) is 14.2. The van der Waals surface area contributed by atoms with Gasteiger partial charge in [-0.15, -0.1) is 12.4 Å². The Bertz CT molecular complexity index is 650. The van der Waals surface area contributed by atoms with Crippen LogP contribution in [0.4, 0.5) is 0 Å². The van der Waals surface area contributed by atoms with Crippen LogP contribution < -0.4 is 11.1 Å². The third-order valence-corrected chi connectivity index (χ3v) is 4.53. The predicted octanol–water partition coefficient (Wildman–Crippen LogP) is 3.62. The number of nitrogens with two attached hydrogens (primary N) is 1. The van der Waals surface area contributed by atoms with E-state index in [1.807, 2.05) is 18.2 Å². The number of rotatable bonds is 3. The molecule has 1 heterocycles. The highest BCUT2D eigenvalue weighted by atomic mass is 79.9. The first-order valence-corrected chi connectivity index (χ1v) is 7.63. The summed E-state index contributed by atoms with van der Waals surface area (Å²) in [6.45, 7) is 0.477. The van der Waals surface area contributed by atoms with Crippen LogP contribution in [0.15, 0.2) is 33.2 Å². The van der Waals surface area contributed by atoms with Crippen molar-refractivity contribution >= 4 is 45.2 Å². The predicted molar refractivity (Wildman–Crippen MR) is 88.9 cm³/mol. The van der Waals surface area contributed by atoms with Crippen LogP contribution in [-0.4, -0.2) is 18.0 Å². The van der Waals surface area contributed by atoms with Gasteiger partial charge in [0.25, 0.3) is 5.91 Å². The first kappa shape index (κ1) is 16.3. The lowest BCUT2D eigenvalue weighted by Crippen LogP contribution is -2.51. The summed E-state index contributed by atoms with van der Waals surface area (Å²) in [6, 6.07) is 7.45. The molecule has 0 atom stereocenters. The molecule has 1 aromatic heterocycles. The molecular weight excluding hydrogens is 356 g/mol. The van der Waals surface area contributed by atoms with Crippen molar-refractivity contribution in [3.63, 3.8) is 0 Å². The second-order valence-corrected chi connectivity index (χ2v) is 6.35. The molecule has 1 aromatic carbocycles. The van der Waals surface area contributed by atoms with Gasteiger partial charge in [0.2, 0.25) is 0 Å². The van der Waals surface area contributed by atoms with E-state index in [2.05, 4.69) is 21.2 Å². The van der Waals surface area contributed by atoms with Crippen LogP contribution in [-0.2, 0) is 0 Å². The van der Waals surface area contributed by atoms with Gasteiger partial charge in [-0.05, 0) is 37.1 Å². The smallest absolute Gasteiger partial charge is 0.287 e. The molecule has 6 heteroatoms. The van der Waals surface area contributed by atoms with Gasteiger partial charge in [0.1, 0.15) is 5.58 Å². The monoisotopic (exact) mass is 372 g/mol. The summed E-state index contributed by atoms with van der Waals surface area (Å²) < 4.78 is 6.58. The number of furan rings is 1. The van der Waals surface area contributed by atoms with Gasteiger partial charge in [-0.2, -0.15) is 0 Å². The zero-order valence-electron chi connectivity index (χ0n) is 11.5. The lowest BCUT2D eigenvalue weighted by atomic mass is 9.98. The Kier molecular flexibility index (Phi) is 4.96. The van der Waals surface area contributed by atoms with Crippen LogP contribution in [0.3, 0.4) is 0 Å². The fraction of sp³-hybridized carbons (Fsp3) is 0.400. The molecule has 0 bridgehead atoms. The minimum atomic E-state index is -0.253. The molecular formula is C15H18BrClN2O2. The van der Waals surface area contributed by atoms with E-state index in [1.165, 1.54) is 0 Å². The Morgan fingerprint density at radius 2 is 2.05 bits per heavy atom. The number of halogens is 2. The summed E-state index contributed by atoms with van der Waals surface area (Å²) >= 11 is 3.41. The van der Waals surface area contributed by atoms with Crippen LogP contribution in [0.1, 0.15) is 36.2 Å². The number of fused-ring (bicyclic) bond motifs is 1. The van der Waals surface area contributed by atoms with Crippen molar-refractivity contribution < 1.29 is 9.21 Å². The van der Waals surface area contributed by atoms with E-state index in [0.29, 0.717) is 17.9 Å². The average Bonchev–Trinajstić information content (AvgIpc) is 3.05. The summed E-state index contributed by atoms with van der Waals surface area (Å²) in [5.74, 6) is 0.169. The van der Waals surface area contributed by atoms with E-state index in [1.54, 1.807) is 6.07 Å². The van der Waals surface area contributed by atoms with Crippen molar-refractivity contribution in [3.05, 3.63) is 34.5 Å². The number of carbonyl (C=O) groups is 1. The Balaban J connectivity index is 0.00000161. The van der Waals surface area contributed by atoms with Crippen molar-refractivity contribution in [2.45, 2.75) is 31.2 Å². The maximum absolute atomic E-state index is 12.3. The molecule has 1 aliphatic rings. The zero-order valence-corrected chi connectivity index (χ0v) is 13.9. The third-order valence-electron chi connectivity index (χ3n) is 4.03. The SMILES string of the molecule is Cl.NCC1(NC(=O)c2cc3cc(Br)ccc3o2)CCCC1. The van der Waals surface area contributed by atoms with Gasteiger partial charge in [0, 0.05) is 16.4 Å². The van der Waals surface area contributed by atoms with Crippen LogP contribution in [0, 0.1) is 0 Å². The highest BCUT2D eigenvalue weighted by Gasteiger charge is 2.34. The lowest BCUT2D eigenvalue weighted by molar-refractivity contribution is 0.0876. The van der Waals surface area contributed by atoms with Crippen molar-refractivity contribution in [2.24, 2.45) is 5.73 Å². The molecule has 4 nitrogen and oxygen atoms in total. The number of carbonyl (C=O) groups excluding carboxylic acids is 1. The number of hydrogen-bond donors (Lipinski definition) is 2. The molecule has 1 saturated carbocycles. The van der Waals surface area contributed by atoms with Crippen LogP contribution >= 0.6 is 28.3 Å². The Morgan fingerprint density at radius 3 is 2.71 bits per heavy atom. The highest BCUT2D eigenvalue weighted by Crippen LogP contribution is 2.29. The summed E-state index contributed by atoms with van der Waals surface area (Å²) in [5, 5.41) is 3.98.